The molecule has 0 aliphatic heterocycles. The van der Waals surface area contributed by atoms with Crippen LogP contribution in [0.5, 0.6) is 5.75 Å². The van der Waals surface area contributed by atoms with Crippen LogP contribution in [-0.2, 0) is 6.61 Å². The van der Waals surface area contributed by atoms with Crippen LogP contribution in [0.4, 0.5) is 4.39 Å². The summed E-state index contributed by atoms with van der Waals surface area (Å²) in [4.78, 5) is 0. The fourth-order valence-electron chi connectivity index (χ4n) is 2.01. The Balaban J connectivity index is 2.12. The maximum Gasteiger partial charge on any atom is 0.131 e. The number of hydrogen-bond donors (Lipinski definition) is 1. The molecule has 0 spiro atoms. The van der Waals surface area contributed by atoms with Gasteiger partial charge in [0.05, 0.1) is 11.6 Å². The number of halogens is 1. The summed E-state index contributed by atoms with van der Waals surface area (Å²) in [5.41, 5.74) is 8.54. The minimum atomic E-state index is -0.432. The summed E-state index contributed by atoms with van der Waals surface area (Å²) in [7, 11) is 0. The summed E-state index contributed by atoms with van der Waals surface area (Å²) >= 11 is 0. The first-order valence-corrected chi connectivity index (χ1v) is 6.68. The third kappa shape index (κ3) is 3.59. The Hall–Kier alpha value is -2.38. The number of nitrogens with two attached hydrogens (primary N) is 1. The van der Waals surface area contributed by atoms with Gasteiger partial charge in [-0.1, -0.05) is 18.2 Å². The van der Waals surface area contributed by atoms with Gasteiger partial charge in [0.2, 0.25) is 0 Å². The minimum Gasteiger partial charge on any atom is -0.489 e. The van der Waals surface area contributed by atoms with E-state index in [0.29, 0.717) is 16.9 Å². The first kappa shape index (κ1) is 15.0. The van der Waals surface area contributed by atoms with E-state index in [1.54, 1.807) is 12.1 Å². The molecule has 2 aromatic carbocycles. The third-order valence-electron chi connectivity index (χ3n) is 3.29. The van der Waals surface area contributed by atoms with Gasteiger partial charge < -0.3 is 10.5 Å². The average molecular weight is 284 g/mol. The highest BCUT2D eigenvalue weighted by molar-refractivity contribution is 5.38. The molecule has 0 radical (unpaired) electrons. The third-order valence-corrected chi connectivity index (χ3v) is 3.29. The molecule has 0 saturated carbocycles. The Morgan fingerprint density at radius 2 is 2.05 bits per heavy atom. The topological polar surface area (TPSA) is 59.0 Å². The second-order valence-electron chi connectivity index (χ2n) is 5.02. The Bertz CT molecular complexity index is 690. The SMILES string of the molecule is Cc1cc(C(C)N)ccc1OCc1ccc(C#N)cc1F. The summed E-state index contributed by atoms with van der Waals surface area (Å²) in [5.74, 6) is 0.266. The molecular formula is C17H17FN2O. The fraction of sp³-hybridized carbons (Fsp3) is 0.235. The van der Waals surface area contributed by atoms with Crippen LogP contribution in [0.15, 0.2) is 36.4 Å². The molecule has 4 heteroatoms. The number of nitriles is 1. The minimum absolute atomic E-state index is 0.0336. The molecule has 2 N–H and O–H groups in total. The molecule has 0 aromatic heterocycles. The van der Waals surface area contributed by atoms with Crippen LogP contribution < -0.4 is 10.5 Å². The second-order valence-corrected chi connectivity index (χ2v) is 5.02. The van der Waals surface area contributed by atoms with Gasteiger partial charge in [-0.3, -0.25) is 0 Å². The van der Waals surface area contributed by atoms with Crippen LogP contribution in [0.25, 0.3) is 0 Å². The first-order valence-electron chi connectivity index (χ1n) is 6.68. The Morgan fingerprint density at radius 1 is 1.29 bits per heavy atom. The Kier molecular flexibility index (Phi) is 4.56. The molecule has 3 nitrogen and oxygen atoms in total. The summed E-state index contributed by atoms with van der Waals surface area (Å²) in [6.45, 7) is 3.97. The van der Waals surface area contributed by atoms with Crippen LogP contribution in [0, 0.1) is 24.1 Å². The highest BCUT2D eigenvalue weighted by Gasteiger charge is 2.07. The van der Waals surface area contributed by atoms with Gasteiger partial charge in [0, 0.05) is 11.6 Å². The van der Waals surface area contributed by atoms with Gasteiger partial charge in [0.15, 0.2) is 0 Å². The largest absolute Gasteiger partial charge is 0.489 e. The normalized spacial score (nSPS) is 11.8. The highest BCUT2D eigenvalue weighted by atomic mass is 19.1. The monoisotopic (exact) mass is 284 g/mol. The van der Waals surface area contributed by atoms with Crippen LogP contribution in [-0.4, -0.2) is 0 Å². The van der Waals surface area contributed by atoms with E-state index in [-0.39, 0.29) is 12.6 Å². The molecule has 108 valence electrons. The maximum absolute atomic E-state index is 13.8. The van der Waals surface area contributed by atoms with Crippen molar-refractivity contribution in [3.8, 4) is 11.8 Å². The van der Waals surface area contributed by atoms with Gasteiger partial charge in [0.25, 0.3) is 0 Å². The average Bonchev–Trinajstić information content (AvgIpc) is 2.46. The zero-order chi connectivity index (χ0) is 15.4. The van der Waals surface area contributed by atoms with Crippen LogP contribution in [0.2, 0.25) is 0 Å². The zero-order valence-electron chi connectivity index (χ0n) is 12.1. The summed E-state index contributed by atoms with van der Waals surface area (Å²) in [5, 5.41) is 8.71. The van der Waals surface area contributed by atoms with E-state index in [9.17, 15) is 4.39 Å². The van der Waals surface area contributed by atoms with E-state index in [1.165, 1.54) is 6.07 Å². The van der Waals surface area contributed by atoms with E-state index >= 15 is 0 Å². The van der Waals surface area contributed by atoms with Crippen molar-refractivity contribution < 1.29 is 9.13 Å². The second kappa shape index (κ2) is 6.38. The van der Waals surface area contributed by atoms with Crippen molar-refractivity contribution in [2.24, 2.45) is 5.73 Å². The number of nitrogens with zero attached hydrogens (tertiary/aromatic N) is 1. The molecule has 1 atom stereocenters. The van der Waals surface area contributed by atoms with E-state index in [0.717, 1.165) is 11.1 Å². The number of rotatable bonds is 4. The van der Waals surface area contributed by atoms with Gasteiger partial charge in [0.1, 0.15) is 18.2 Å². The lowest BCUT2D eigenvalue weighted by molar-refractivity contribution is 0.297. The number of aryl methyl sites for hydroxylation is 1. The van der Waals surface area contributed by atoms with Crippen LogP contribution in [0.1, 0.15) is 35.2 Å². The summed E-state index contributed by atoms with van der Waals surface area (Å²) in [6.07, 6.45) is 0. The lowest BCUT2D eigenvalue weighted by atomic mass is 10.1. The molecule has 0 saturated heterocycles. The van der Waals surface area contributed by atoms with Gasteiger partial charge in [-0.2, -0.15) is 5.26 Å². The summed E-state index contributed by atoms with van der Waals surface area (Å²) in [6, 6.07) is 11.9. The number of ether oxygens (including phenoxy) is 1. The molecule has 1 unspecified atom stereocenters. The van der Waals surface area contributed by atoms with Crippen LogP contribution >= 0.6 is 0 Å². The van der Waals surface area contributed by atoms with Crippen molar-refractivity contribution >= 4 is 0 Å². The van der Waals surface area contributed by atoms with Gasteiger partial charge in [-0.15, -0.1) is 0 Å². The van der Waals surface area contributed by atoms with Gasteiger partial charge >= 0.3 is 0 Å². The number of hydrogen-bond acceptors (Lipinski definition) is 3. The van der Waals surface area contributed by atoms with Crippen LogP contribution in [0.3, 0.4) is 0 Å². The maximum atomic E-state index is 13.8. The van der Waals surface area contributed by atoms with E-state index in [1.807, 2.05) is 38.1 Å². The fourth-order valence-corrected chi connectivity index (χ4v) is 2.01. The molecule has 0 heterocycles. The molecule has 2 aromatic rings. The Morgan fingerprint density at radius 3 is 2.62 bits per heavy atom. The molecule has 0 aliphatic carbocycles. The van der Waals surface area contributed by atoms with Crippen molar-refractivity contribution in [2.75, 3.05) is 0 Å². The van der Waals surface area contributed by atoms with Crippen molar-refractivity contribution in [3.63, 3.8) is 0 Å². The van der Waals surface area contributed by atoms with E-state index in [4.69, 9.17) is 15.7 Å². The Labute approximate surface area is 123 Å². The first-order chi connectivity index (χ1) is 10.0. The van der Waals surface area contributed by atoms with Gasteiger partial charge in [-0.05, 0) is 43.2 Å². The molecule has 21 heavy (non-hydrogen) atoms. The molecule has 0 fully saturated rings. The summed E-state index contributed by atoms with van der Waals surface area (Å²) < 4.78 is 19.4. The van der Waals surface area contributed by atoms with E-state index in [2.05, 4.69) is 0 Å². The molecule has 0 aliphatic rings. The molecular weight excluding hydrogens is 267 g/mol. The zero-order valence-corrected chi connectivity index (χ0v) is 12.1. The smallest absolute Gasteiger partial charge is 0.131 e. The molecule has 0 amide bonds. The van der Waals surface area contributed by atoms with Crippen molar-refractivity contribution in [1.82, 2.24) is 0 Å². The van der Waals surface area contributed by atoms with Crippen molar-refractivity contribution in [3.05, 3.63) is 64.5 Å². The molecule has 2 rings (SSSR count). The molecule has 0 bridgehead atoms. The van der Waals surface area contributed by atoms with Crippen molar-refractivity contribution in [1.29, 1.82) is 5.26 Å². The lowest BCUT2D eigenvalue weighted by Crippen LogP contribution is -2.06. The van der Waals surface area contributed by atoms with E-state index < -0.39 is 5.82 Å². The number of benzene rings is 2. The predicted octanol–water partition coefficient (Wildman–Crippen LogP) is 3.60. The quantitative estimate of drug-likeness (QED) is 0.933. The van der Waals surface area contributed by atoms with Gasteiger partial charge in [-0.25, -0.2) is 4.39 Å². The highest BCUT2D eigenvalue weighted by Crippen LogP contribution is 2.23. The van der Waals surface area contributed by atoms with Crippen molar-refractivity contribution in [2.45, 2.75) is 26.5 Å². The predicted molar refractivity (Wildman–Crippen MR) is 79.2 cm³/mol. The lowest BCUT2D eigenvalue weighted by Gasteiger charge is -2.12. The standard InChI is InChI=1S/C17H17FN2O/c1-11-7-14(12(2)20)5-6-17(11)21-10-15-4-3-13(9-19)8-16(15)18/h3-8,12H,10,20H2,1-2H3.